The summed E-state index contributed by atoms with van der Waals surface area (Å²) in [4.78, 5) is 0. The van der Waals surface area contributed by atoms with Crippen molar-refractivity contribution >= 4 is 8.32 Å². The van der Waals surface area contributed by atoms with Crippen molar-refractivity contribution in [2.24, 2.45) is 0 Å². The monoisotopic (exact) mass is 436 g/mol. The maximum atomic E-state index is 6.59. The molecular formula is C22H32O7Si. The lowest BCUT2D eigenvalue weighted by atomic mass is 9.99. The van der Waals surface area contributed by atoms with Crippen LogP contribution in [0.3, 0.4) is 0 Å². The van der Waals surface area contributed by atoms with Gasteiger partial charge in [0.05, 0.1) is 48.8 Å². The number of ether oxygens (including phenoxy) is 6. The fraction of sp³-hybridized carbons (Fsp3) is 0.455. The maximum absolute atomic E-state index is 6.59. The quantitative estimate of drug-likeness (QED) is 0.501. The van der Waals surface area contributed by atoms with Crippen LogP contribution in [0.4, 0.5) is 0 Å². The second-order valence-electron chi connectivity index (χ2n) is 7.53. The van der Waals surface area contributed by atoms with Gasteiger partial charge in [-0.05, 0) is 55.0 Å². The summed E-state index contributed by atoms with van der Waals surface area (Å²) >= 11 is 0. The Morgan fingerprint density at radius 1 is 0.533 bits per heavy atom. The van der Waals surface area contributed by atoms with Crippen LogP contribution in [0.15, 0.2) is 24.3 Å². The van der Waals surface area contributed by atoms with E-state index in [1.54, 1.807) is 42.7 Å². The molecule has 0 heterocycles. The Morgan fingerprint density at radius 2 is 0.833 bits per heavy atom. The fourth-order valence-electron chi connectivity index (χ4n) is 3.19. The highest BCUT2D eigenvalue weighted by Gasteiger charge is 2.28. The first-order valence-corrected chi connectivity index (χ1v) is 12.9. The molecule has 2 rings (SSSR count). The number of rotatable bonds is 10. The van der Waals surface area contributed by atoms with Crippen molar-refractivity contribution < 1.29 is 32.8 Å². The van der Waals surface area contributed by atoms with E-state index in [0.717, 1.165) is 11.1 Å². The summed E-state index contributed by atoms with van der Waals surface area (Å²) in [7, 11) is 7.56. The van der Waals surface area contributed by atoms with Crippen LogP contribution in [0.25, 0.3) is 0 Å². The first-order valence-electron chi connectivity index (χ1n) is 9.50. The normalized spacial score (nSPS) is 11.3. The van der Waals surface area contributed by atoms with Crippen LogP contribution in [0.1, 0.15) is 17.2 Å². The van der Waals surface area contributed by atoms with Crippen molar-refractivity contribution in [3.8, 4) is 34.5 Å². The Labute approximate surface area is 179 Å². The molecule has 0 spiro atoms. The molecule has 0 atom stereocenters. The molecule has 0 radical (unpaired) electrons. The molecule has 0 fully saturated rings. The molecule has 0 unspecified atom stereocenters. The molecular weight excluding hydrogens is 404 g/mol. The van der Waals surface area contributed by atoms with Crippen molar-refractivity contribution in [2.45, 2.75) is 25.7 Å². The van der Waals surface area contributed by atoms with E-state index in [2.05, 4.69) is 19.6 Å². The van der Waals surface area contributed by atoms with Gasteiger partial charge >= 0.3 is 0 Å². The van der Waals surface area contributed by atoms with E-state index in [-0.39, 0.29) is 0 Å². The summed E-state index contributed by atoms with van der Waals surface area (Å²) in [5, 5.41) is 0. The number of hydrogen-bond acceptors (Lipinski definition) is 7. The van der Waals surface area contributed by atoms with E-state index in [0.29, 0.717) is 34.5 Å². The molecule has 8 heteroatoms. The molecule has 0 aliphatic heterocycles. The topological polar surface area (TPSA) is 64.6 Å². The molecule has 7 nitrogen and oxygen atoms in total. The zero-order valence-corrected chi connectivity index (χ0v) is 20.2. The Morgan fingerprint density at radius 3 is 1.03 bits per heavy atom. The number of benzene rings is 2. The van der Waals surface area contributed by atoms with Gasteiger partial charge in [0.2, 0.25) is 11.5 Å². The molecule has 166 valence electrons. The largest absolute Gasteiger partial charge is 0.493 e. The van der Waals surface area contributed by atoms with Gasteiger partial charge in [-0.15, -0.1) is 0 Å². The summed E-state index contributed by atoms with van der Waals surface area (Å²) in [6, 6.07) is 7.59. The van der Waals surface area contributed by atoms with Crippen molar-refractivity contribution in [3.05, 3.63) is 35.4 Å². The van der Waals surface area contributed by atoms with Gasteiger partial charge in [0.25, 0.3) is 0 Å². The van der Waals surface area contributed by atoms with Gasteiger partial charge in [0.1, 0.15) is 0 Å². The Hall–Kier alpha value is -2.58. The maximum Gasteiger partial charge on any atom is 0.203 e. The minimum absolute atomic E-state index is 0.404. The Balaban J connectivity index is 2.75. The first-order chi connectivity index (χ1) is 14.2. The molecule has 0 aliphatic carbocycles. The molecule has 2 aromatic carbocycles. The van der Waals surface area contributed by atoms with Crippen LogP contribution in [0, 0.1) is 0 Å². The SMILES string of the molecule is COc1cc(C(O[Si](C)(C)C)c2cc(OC)c(OC)c(OC)c2)cc(OC)c1OC. The highest BCUT2D eigenvalue weighted by molar-refractivity contribution is 6.69. The van der Waals surface area contributed by atoms with Gasteiger partial charge in [-0.25, -0.2) is 0 Å². The van der Waals surface area contributed by atoms with E-state index in [1.165, 1.54) is 0 Å². The molecule has 0 saturated heterocycles. The first kappa shape index (κ1) is 23.7. The van der Waals surface area contributed by atoms with Crippen molar-refractivity contribution in [1.82, 2.24) is 0 Å². The third-order valence-corrected chi connectivity index (χ3v) is 5.39. The summed E-state index contributed by atoms with van der Waals surface area (Å²) in [5.41, 5.74) is 1.72. The molecule has 0 saturated carbocycles. The predicted molar refractivity (Wildman–Crippen MR) is 118 cm³/mol. The minimum Gasteiger partial charge on any atom is -0.493 e. The van der Waals surface area contributed by atoms with Crippen molar-refractivity contribution in [3.63, 3.8) is 0 Å². The standard InChI is InChI=1S/C22H32O7Si/c1-23-16-10-14(11-17(24-2)21(16)27-5)20(29-30(7,8)9)15-12-18(25-3)22(28-6)19(13-15)26-4/h10-13,20H,1-9H3. The highest BCUT2D eigenvalue weighted by atomic mass is 28.4. The molecule has 2 aromatic rings. The predicted octanol–water partition coefficient (Wildman–Crippen LogP) is 4.68. The highest BCUT2D eigenvalue weighted by Crippen LogP contribution is 2.45. The smallest absolute Gasteiger partial charge is 0.203 e. The molecule has 0 amide bonds. The van der Waals surface area contributed by atoms with Gasteiger partial charge in [0, 0.05) is 0 Å². The van der Waals surface area contributed by atoms with Gasteiger partial charge in [-0.1, -0.05) is 0 Å². The Kier molecular flexibility index (Phi) is 7.86. The summed E-state index contributed by atoms with van der Waals surface area (Å²) in [5.74, 6) is 3.29. The summed E-state index contributed by atoms with van der Waals surface area (Å²) < 4.78 is 39.7. The van der Waals surface area contributed by atoms with Crippen molar-refractivity contribution in [2.75, 3.05) is 42.7 Å². The lowest BCUT2D eigenvalue weighted by molar-refractivity contribution is 0.235. The Bertz CT molecular complexity index is 748. The van der Waals surface area contributed by atoms with Crippen LogP contribution in [-0.2, 0) is 4.43 Å². The van der Waals surface area contributed by atoms with Gasteiger partial charge < -0.3 is 32.8 Å². The van der Waals surface area contributed by atoms with E-state index in [1.807, 2.05) is 24.3 Å². The summed E-state index contributed by atoms with van der Waals surface area (Å²) in [6.07, 6.45) is -0.404. The van der Waals surface area contributed by atoms with Crippen LogP contribution >= 0.6 is 0 Å². The van der Waals surface area contributed by atoms with Gasteiger partial charge in [-0.3, -0.25) is 0 Å². The minimum atomic E-state index is -1.97. The third-order valence-electron chi connectivity index (χ3n) is 4.45. The van der Waals surface area contributed by atoms with E-state index < -0.39 is 14.4 Å². The number of methoxy groups -OCH3 is 6. The average Bonchev–Trinajstić information content (AvgIpc) is 2.74. The third kappa shape index (κ3) is 5.12. The molecule has 0 aliphatic rings. The second-order valence-corrected chi connectivity index (χ2v) is 12.0. The van der Waals surface area contributed by atoms with Gasteiger partial charge in [0.15, 0.2) is 31.3 Å². The van der Waals surface area contributed by atoms with Crippen LogP contribution in [-0.4, -0.2) is 51.0 Å². The van der Waals surface area contributed by atoms with E-state index >= 15 is 0 Å². The average molecular weight is 437 g/mol. The lowest BCUT2D eigenvalue weighted by Gasteiger charge is -2.29. The van der Waals surface area contributed by atoms with Crippen LogP contribution < -0.4 is 28.4 Å². The zero-order valence-electron chi connectivity index (χ0n) is 19.2. The fourth-order valence-corrected chi connectivity index (χ4v) is 4.17. The van der Waals surface area contributed by atoms with Gasteiger partial charge in [-0.2, -0.15) is 0 Å². The molecule has 0 aromatic heterocycles. The molecule has 30 heavy (non-hydrogen) atoms. The van der Waals surface area contributed by atoms with Crippen molar-refractivity contribution in [1.29, 1.82) is 0 Å². The number of hydrogen-bond donors (Lipinski definition) is 0. The molecule has 0 N–H and O–H groups in total. The summed E-state index contributed by atoms with van der Waals surface area (Å²) in [6.45, 7) is 6.40. The van der Waals surface area contributed by atoms with Crippen LogP contribution in [0.2, 0.25) is 19.6 Å². The van der Waals surface area contributed by atoms with E-state index in [9.17, 15) is 0 Å². The van der Waals surface area contributed by atoms with E-state index in [4.69, 9.17) is 32.8 Å². The lowest BCUT2D eigenvalue weighted by Crippen LogP contribution is -2.28. The zero-order chi connectivity index (χ0) is 22.5. The van der Waals surface area contributed by atoms with Crippen LogP contribution in [0.5, 0.6) is 34.5 Å². The second kappa shape index (κ2) is 9.95. The molecule has 0 bridgehead atoms.